The maximum atomic E-state index is 12.9. The lowest BCUT2D eigenvalue weighted by Gasteiger charge is -2.34. The Morgan fingerprint density at radius 2 is 1.75 bits per heavy atom. The summed E-state index contributed by atoms with van der Waals surface area (Å²) in [5.74, 6) is 0.616. The van der Waals surface area contributed by atoms with E-state index >= 15 is 0 Å². The van der Waals surface area contributed by atoms with Crippen molar-refractivity contribution in [2.75, 3.05) is 53.6 Å². The van der Waals surface area contributed by atoms with Crippen molar-refractivity contribution in [2.45, 2.75) is 6.92 Å². The van der Waals surface area contributed by atoms with Gasteiger partial charge < -0.3 is 24.0 Å². The molecule has 0 radical (unpaired) electrons. The maximum Gasteiger partial charge on any atom is 0.409 e. The van der Waals surface area contributed by atoms with Crippen molar-refractivity contribution >= 4 is 52.3 Å². The monoisotopic (exact) mass is 479 g/mol. The molecule has 172 valence electrons. The summed E-state index contributed by atoms with van der Waals surface area (Å²) in [5, 5.41) is 0. The third-order valence-corrected chi connectivity index (χ3v) is 6.41. The van der Waals surface area contributed by atoms with Gasteiger partial charge in [-0.05, 0) is 30.7 Å². The Bertz CT molecular complexity index is 943. The predicted molar refractivity (Wildman–Crippen MR) is 125 cm³/mol. The Balaban J connectivity index is 1.62. The Morgan fingerprint density at radius 3 is 2.38 bits per heavy atom. The molecule has 2 aliphatic heterocycles. The van der Waals surface area contributed by atoms with Crippen molar-refractivity contribution in [1.29, 1.82) is 0 Å². The number of hydrogen-bond donors (Lipinski definition) is 0. The van der Waals surface area contributed by atoms with Gasteiger partial charge >= 0.3 is 6.09 Å². The molecule has 0 N–H and O–H groups in total. The standard InChI is InChI=1S/C21H25N3O6S2/c1-4-30-20(27)23-9-7-22(8-10-23)18(25)13-24-19(26)17(32-21(24)31)12-14-5-6-15(28-2)16(11-14)29-3/h5-6,11-12H,4,7-10,13H2,1-3H3. The minimum Gasteiger partial charge on any atom is -0.493 e. The zero-order chi connectivity index (χ0) is 23.3. The molecule has 11 heteroatoms. The van der Waals surface area contributed by atoms with Gasteiger partial charge in [-0.3, -0.25) is 14.5 Å². The molecule has 3 amide bonds. The largest absolute Gasteiger partial charge is 0.493 e. The number of amides is 3. The summed E-state index contributed by atoms with van der Waals surface area (Å²) in [5.41, 5.74) is 0.754. The number of thiocarbonyl (C=S) groups is 1. The van der Waals surface area contributed by atoms with E-state index < -0.39 is 0 Å². The number of benzene rings is 1. The van der Waals surface area contributed by atoms with Gasteiger partial charge in [0.2, 0.25) is 5.91 Å². The number of carbonyl (C=O) groups is 3. The number of ether oxygens (including phenoxy) is 3. The smallest absolute Gasteiger partial charge is 0.409 e. The van der Waals surface area contributed by atoms with E-state index in [0.717, 1.165) is 17.3 Å². The first kappa shape index (κ1) is 23.9. The van der Waals surface area contributed by atoms with Gasteiger partial charge in [0.1, 0.15) is 10.9 Å². The van der Waals surface area contributed by atoms with Crippen molar-refractivity contribution in [1.82, 2.24) is 14.7 Å². The average Bonchev–Trinajstić information content (AvgIpc) is 3.06. The molecule has 2 fully saturated rings. The summed E-state index contributed by atoms with van der Waals surface area (Å²) in [6.07, 6.45) is 1.33. The van der Waals surface area contributed by atoms with Crippen molar-refractivity contribution in [3.63, 3.8) is 0 Å². The average molecular weight is 480 g/mol. The third kappa shape index (κ3) is 5.33. The van der Waals surface area contributed by atoms with E-state index in [4.69, 9.17) is 26.4 Å². The number of piperazine rings is 1. The highest BCUT2D eigenvalue weighted by Crippen LogP contribution is 2.34. The number of carbonyl (C=O) groups excluding carboxylic acids is 3. The lowest BCUT2D eigenvalue weighted by atomic mass is 10.2. The van der Waals surface area contributed by atoms with Crippen LogP contribution in [0.3, 0.4) is 0 Å². The summed E-state index contributed by atoms with van der Waals surface area (Å²) < 4.78 is 15.9. The van der Waals surface area contributed by atoms with E-state index in [9.17, 15) is 14.4 Å². The van der Waals surface area contributed by atoms with Crippen LogP contribution >= 0.6 is 24.0 Å². The lowest BCUT2D eigenvalue weighted by molar-refractivity contribution is -0.136. The molecule has 0 aliphatic carbocycles. The molecule has 2 saturated heterocycles. The van der Waals surface area contributed by atoms with Crippen LogP contribution in [0.4, 0.5) is 4.79 Å². The number of methoxy groups -OCH3 is 2. The van der Waals surface area contributed by atoms with E-state index in [-0.39, 0.29) is 24.5 Å². The second-order valence-electron chi connectivity index (χ2n) is 6.95. The summed E-state index contributed by atoms with van der Waals surface area (Å²) >= 11 is 6.50. The van der Waals surface area contributed by atoms with Crippen LogP contribution in [0.1, 0.15) is 12.5 Å². The summed E-state index contributed by atoms with van der Waals surface area (Å²) in [7, 11) is 3.09. The molecule has 2 heterocycles. The van der Waals surface area contributed by atoms with Crippen molar-refractivity contribution in [3.8, 4) is 11.5 Å². The van der Waals surface area contributed by atoms with E-state index in [1.165, 1.54) is 4.90 Å². The van der Waals surface area contributed by atoms with Crippen LogP contribution < -0.4 is 9.47 Å². The van der Waals surface area contributed by atoms with Crippen LogP contribution in [0, 0.1) is 0 Å². The minimum atomic E-state index is -0.378. The summed E-state index contributed by atoms with van der Waals surface area (Å²) in [4.78, 5) is 42.4. The highest BCUT2D eigenvalue weighted by atomic mass is 32.2. The van der Waals surface area contributed by atoms with Gasteiger partial charge in [0.25, 0.3) is 5.91 Å². The van der Waals surface area contributed by atoms with Crippen LogP contribution in [-0.4, -0.2) is 90.5 Å². The molecule has 3 rings (SSSR count). The second kappa shape index (κ2) is 10.7. The molecule has 0 unspecified atom stereocenters. The highest BCUT2D eigenvalue weighted by Gasteiger charge is 2.35. The molecular weight excluding hydrogens is 454 g/mol. The molecule has 0 aromatic heterocycles. The lowest BCUT2D eigenvalue weighted by Crippen LogP contribution is -2.53. The molecule has 9 nitrogen and oxygen atoms in total. The number of hydrogen-bond acceptors (Lipinski definition) is 8. The minimum absolute atomic E-state index is 0.132. The summed E-state index contributed by atoms with van der Waals surface area (Å²) in [6, 6.07) is 5.33. The Labute approximate surface area is 196 Å². The van der Waals surface area contributed by atoms with E-state index in [2.05, 4.69) is 0 Å². The topological polar surface area (TPSA) is 88.6 Å². The van der Waals surface area contributed by atoms with Crippen LogP contribution in [-0.2, 0) is 14.3 Å². The highest BCUT2D eigenvalue weighted by molar-refractivity contribution is 8.26. The normalized spacial score (nSPS) is 17.7. The SMILES string of the molecule is CCOC(=O)N1CCN(C(=O)CN2C(=O)C(=Cc3ccc(OC)c(OC)c3)SC2=S)CC1. The van der Waals surface area contributed by atoms with Gasteiger partial charge in [-0.1, -0.05) is 30.0 Å². The van der Waals surface area contributed by atoms with Crippen LogP contribution in [0.5, 0.6) is 11.5 Å². The van der Waals surface area contributed by atoms with Gasteiger partial charge in [0.15, 0.2) is 11.5 Å². The molecule has 32 heavy (non-hydrogen) atoms. The molecule has 0 saturated carbocycles. The molecule has 0 spiro atoms. The first-order chi connectivity index (χ1) is 15.4. The first-order valence-electron chi connectivity index (χ1n) is 10.0. The van der Waals surface area contributed by atoms with Crippen LogP contribution in [0.2, 0.25) is 0 Å². The van der Waals surface area contributed by atoms with Crippen LogP contribution in [0.15, 0.2) is 23.1 Å². The predicted octanol–water partition coefficient (Wildman–Crippen LogP) is 2.21. The zero-order valence-electron chi connectivity index (χ0n) is 18.2. The quantitative estimate of drug-likeness (QED) is 0.453. The zero-order valence-corrected chi connectivity index (χ0v) is 19.8. The fourth-order valence-electron chi connectivity index (χ4n) is 3.32. The number of rotatable bonds is 6. The summed E-state index contributed by atoms with van der Waals surface area (Å²) in [6.45, 7) is 3.47. The van der Waals surface area contributed by atoms with Crippen molar-refractivity contribution in [3.05, 3.63) is 28.7 Å². The molecule has 2 aliphatic rings. The van der Waals surface area contributed by atoms with Gasteiger partial charge in [0, 0.05) is 26.2 Å². The maximum absolute atomic E-state index is 12.9. The molecule has 0 bridgehead atoms. The first-order valence-corrected chi connectivity index (χ1v) is 11.3. The fourth-order valence-corrected chi connectivity index (χ4v) is 4.57. The van der Waals surface area contributed by atoms with Gasteiger partial charge in [-0.15, -0.1) is 0 Å². The molecule has 1 aromatic carbocycles. The molecular formula is C21H25N3O6S2. The van der Waals surface area contributed by atoms with E-state index in [1.54, 1.807) is 49.2 Å². The van der Waals surface area contributed by atoms with Crippen molar-refractivity contribution in [2.24, 2.45) is 0 Å². The van der Waals surface area contributed by atoms with Gasteiger partial charge in [-0.25, -0.2) is 4.79 Å². The molecule has 1 aromatic rings. The number of nitrogens with zero attached hydrogens (tertiary/aromatic N) is 3. The Hall–Kier alpha value is -2.79. The molecule has 0 atom stereocenters. The van der Waals surface area contributed by atoms with Crippen molar-refractivity contribution < 1.29 is 28.6 Å². The Morgan fingerprint density at radius 1 is 1.09 bits per heavy atom. The second-order valence-corrected chi connectivity index (χ2v) is 8.62. The number of thioether (sulfide) groups is 1. The fraction of sp³-hybridized carbons (Fsp3) is 0.429. The van der Waals surface area contributed by atoms with Gasteiger partial charge in [-0.2, -0.15) is 0 Å². The Kier molecular flexibility index (Phi) is 7.97. The van der Waals surface area contributed by atoms with Gasteiger partial charge in [0.05, 0.1) is 25.7 Å². The van der Waals surface area contributed by atoms with E-state index in [0.29, 0.717) is 53.5 Å². The van der Waals surface area contributed by atoms with E-state index in [1.807, 2.05) is 6.07 Å². The van der Waals surface area contributed by atoms with Crippen LogP contribution in [0.25, 0.3) is 6.08 Å². The third-order valence-electron chi connectivity index (χ3n) is 5.03.